The second kappa shape index (κ2) is 7.29. The molecule has 1 N–H and O–H groups in total. The molecular formula is C16H17F2N5O2. The number of halogens is 2. The van der Waals surface area contributed by atoms with Gasteiger partial charge in [-0.2, -0.15) is 13.9 Å². The van der Waals surface area contributed by atoms with Gasteiger partial charge in [-0.25, -0.2) is 9.97 Å². The molecule has 0 saturated heterocycles. The van der Waals surface area contributed by atoms with Crippen LogP contribution in [0.15, 0.2) is 30.7 Å². The fourth-order valence-corrected chi connectivity index (χ4v) is 2.47. The highest BCUT2D eigenvalue weighted by atomic mass is 19.3. The Kier molecular flexibility index (Phi) is 4.92. The average molecular weight is 349 g/mol. The van der Waals surface area contributed by atoms with Crippen molar-refractivity contribution in [2.45, 2.75) is 20.1 Å². The van der Waals surface area contributed by atoms with E-state index in [2.05, 4.69) is 25.1 Å². The Morgan fingerprint density at radius 2 is 2.12 bits per heavy atom. The highest BCUT2D eigenvalue weighted by Crippen LogP contribution is 2.33. The summed E-state index contributed by atoms with van der Waals surface area (Å²) in [5.74, 6) is 0.850. The third-order valence-corrected chi connectivity index (χ3v) is 3.54. The van der Waals surface area contributed by atoms with Crippen LogP contribution in [-0.2, 0) is 13.6 Å². The average Bonchev–Trinajstić information content (AvgIpc) is 2.97. The summed E-state index contributed by atoms with van der Waals surface area (Å²) in [5.41, 5.74) is 1.20. The molecule has 7 nitrogen and oxygen atoms in total. The number of ether oxygens (including phenoxy) is 2. The highest BCUT2D eigenvalue weighted by Gasteiger charge is 2.16. The number of hydrogen-bond donors (Lipinski definition) is 1. The molecule has 0 amide bonds. The Morgan fingerprint density at radius 1 is 1.28 bits per heavy atom. The summed E-state index contributed by atoms with van der Waals surface area (Å²) in [4.78, 5) is 8.35. The maximum atomic E-state index is 12.8. The molecule has 0 bridgehead atoms. The van der Waals surface area contributed by atoms with Crippen molar-refractivity contribution in [2.75, 3.05) is 11.9 Å². The minimum atomic E-state index is -2.94. The Morgan fingerprint density at radius 3 is 2.88 bits per heavy atom. The van der Waals surface area contributed by atoms with Gasteiger partial charge in [0.25, 0.3) is 0 Å². The molecule has 0 radical (unpaired) electrons. The number of rotatable bonds is 7. The van der Waals surface area contributed by atoms with Crippen molar-refractivity contribution in [2.24, 2.45) is 7.05 Å². The van der Waals surface area contributed by atoms with Crippen molar-refractivity contribution in [3.8, 4) is 11.5 Å². The van der Waals surface area contributed by atoms with E-state index in [1.54, 1.807) is 43.0 Å². The lowest BCUT2D eigenvalue weighted by Gasteiger charge is -2.16. The molecule has 1 aromatic carbocycles. The van der Waals surface area contributed by atoms with Crippen LogP contribution in [0, 0.1) is 0 Å². The van der Waals surface area contributed by atoms with Crippen LogP contribution in [0.5, 0.6) is 11.5 Å². The molecule has 0 aliphatic carbocycles. The second-order valence-corrected chi connectivity index (χ2v) is 5.14. The Labute approximate surface area is 142 Å². The predicted molar refractivity (Wildman–Crippen MR) is 87.9 cm³/mol. The Hall–Kier alpha value is -2.97. The third-order valence-electron chi connectivity index (χ3n) is 3.54. The van der Waals surface area contributed by atoms with E-state index in [4.69, 9.17) is 4.74 Å². The summed E-state index contributed by atoms with van der Waals surface area (Å²) in [6.07, 6.45) is 3.06. The number of hydrogen-bond acceptors (Lipinski definition) is 6. The number of para-hydroxylation sites is 1. The second-order valence-electron chi connectivity index (χ2n) is 5.14. The number of nitrogens with one attached hydrogen (secondary N) is 1. The van der Waals surface area contributed by atoms with Gasteiger partial charge in [0.1, 0.15) is 12.1 Å². The number of aromatic nitrogens is 4. The summed E-state index contributed by atoms with van der Waals surface area (Å²) < 4.78 is 37.2. The Bertz CT molecular complexity index is 869. The first-order valence-electron chi connectivity index (χ1n) is 7.66. The number of fused-ring (bicyclic) bond motifs is 1. The lowest BCUT2D eigenvalue weighted by atomic mass is 10.2. The smallest absolute Gasteiger partial charge is 0.387 e. The predicted octanol–water partition coefficient (Wildman–Crippen LogP) is 2.98. The molecule has 0 aliphatic heterocycles. The van der Waals surface area contributed by atoms with E-state index in [0.29, 0.717) is 23.6 Å². The SMILES string of the molecule is CCOc1cccc(CNc2ncnc3c2cnn3C)c1OC(F)F. The lowest BCUT2D eigenvalue weighted by molar-refractivity contribution is -0.0520. The zero-order chi connectivity index (χ0) is 17.8. The van der Waals surface area contributed by atoms with Gasteiger partial charge >= 0.3 is 6.61 Å². The van der Waals surface area contributed by atoms with Crippen molar-refractivity contribution in [3.63, 3.8) is 0 Å². The molecule has 0 fully saturated rings. The number of alkyl halides is 2. The first-order chi connectivity index (χ1) is 12.1. The first-order valence-corrected chi connectivity index (χ1v) is 7.66. The van der Waals surface area contributed by atoms with Gasteiger partial charge in [0.15, 0.2) is 17.1 Å². The van der Waals surface area contributed by atoms with Crippen molar-refractivity contribution < 1.29 is 18.3 Å². The van der Waals surface area contributed by atoms with Crippen LogP contribution in [0.2, 0.25) is 0 Å². The monoisotopic (exact) mass is 349 g/mol. The van der Waals surface area contributed by atoms with Crippen molar-refractivity contribution in [1.82, 2.24) is 19.7 Å². The fourth-order valence-electron chi connectivity index (χ4n) is 2.47. The highest BCUT2D eigenvalue weighted by molar-refractivity contribution is 5.85. The van der Waals surface area contributed by atoms with Crippen LogP contribution in [0.4, 0.5) is 14.6 Å². The van der Waals surface area contributed by atoms with Crippen LogP contribution in [0.25, 0.3) is 11.0 Å². The zero-order valence-electron chi connectivity index (χ0n) is 13.7. The van der Waals surface area contributed by atoms with E-state index < -0.39 is 6.61 Å². The van der Waals surface area contributed by atoms with Crippen molar-refractivity contribution in [1.29, 1.82) is 0 Å². The number of anilines is 1. The molecule has 0 spiro atoms. The fraction of sp³-hybridized carbons (Fsp3) is 0.312. The van der Waals surface area contributed by atoms with Crippen LogP contribution in [0.1, 0.15) is 12.5 Å². The van der Waals surface area contributed by atoms with E-state index in [9.17, 15) is 8.78 Å². The van der Waals surface area contributed by atoms with Gasteiger partial charge in [0.05, 0.1) is 18.2 Å². The van der Waals surface area contributed by atoms with Gasteiger partial charge in [0, 0.05) is 19.2 Å². The van der Waals surface area contributed by atoms with Gasteiger partial charge in [-0.15, -0.1) is 0 Å². The molecular weight excluding hydrogens is 332 g/mol. The molecule has 0 saturated carbocycles. The quantitative estimate of drug-likeness (QED) is 0.707. The summed E-state index contributed by atoms with van der Waals surface area (Å²) in [5, 5.41) is 7.99. The molecule has 132 valence electrons. The summed E-state index contributed by atoms with van der Waals surface area (Å²) in [6.45, 7) is -0.593. The molecule has 0 aliphatic rings. The Balaban J connectivity index is 1.88. The maximum Gasteiger partial charge on any atom is 0.387 e. The van der Waals surface area contributed by atoms with Crippen LogP contribution >= 0.6 is 0 Å². The summed E-state index contributed by atoms with van der Waals surface area (Å²) >= 11 is 0. The lowest BCUT2D eigenvalue weighted by Crippen LogP contribution is -2.10. The normalized spacial score (nSPS) is 11.1. The van der Waals surface area contributed by atoms with E-state index >= 15 is 0 Å². The van der Waals surface area contributed by atoms with E-state index in [1.165, 1.54) is 6.33 Å². The molecule has 2 heterocycles. The van der Waals surface area contributed by atoms with Gasteiger partial charge < -0.3 is 14.8 Å². The van der Waals surface area contributed by atoms with Crippen LogP contribution < -0.4 is 14.8 Å². The van der Waals surface area contributed by atoms with Gasteiger partial charge in [-0.05, 0) is 13.0 Å². The molecule has 0 unspecified atom stereocenters. The standard InChI is InChI=1S/C16H17F2N5O2/c1-3-24-12-6-4-5-10(13(12)25-16(17)18)7-19-14-11-8-22-23(2)15(11)21-9-20-14/h4-6,8-9,16H,3,7H2,1-2H3,(H,19,20,21). The molecule has 3 aromatic rings. The van der Waals surface area contributed by atoms with Gasteiger partial charge in [-0.3, -0.25) is 4.68 Å². The van der Waals surface area contributed by atoms with Crippen molar-refractivity contribution >= 4 is 16.9 Å². The van der Waals surface area contributed by atoms with Crippen LogP contribution in [-0.4, -0.2) is 33.0 Å². The molecule has 3 rings (SSSR count). The van der Waals surface area contributed by atoms with Crippen molar-refractivity contribution in [3.05, 3.63) is 36.3 Å². The number of aryl methyl sites for hydroxylation is 1. The van der Waals surface area contributed by atoms with E-state index in [1.807, 2.05) is 0 Å². The minimum absolute atomic E-state index is 0.0170. The number of benzene rings is 1. The van der Waals surface area contributed by atoms with Gasteiger partial charge in [-0.1, -0.05) is 12.1 Å². The van der Waals surface area contributed by atoms with E-state index in [0.717, 1.165) is 5.39 Å². The maximum absolute atomic E-state index is 12.8. The minimum Gasteiger partial charge on any atom is -0.490 e. The summed E-state index contributed by atoms with van der Waals surface area (Å²) in [7, 11) is 1.78. The summed E-state index contributed by atoms with van der Waals surface area (Å²) in [6, 6.07) is 5.00. The van der Waals surface area contributed by atoms with Gasteiger partial charge in [0.2, 0.25) is 0 Å². The van der Waals surface area contributed by atoms with E-state index in [-0.39, 0.29) is 18.0 Å². The topological polar surface area (TPSA) is 74.1 Å². The molecule has 9 heteroatoms. The zero-order valence-corrected chi connectivity index (χ0v) is 13.7. The first kappa shape index (κ1) is 16.9. The molecule has 2 aromatic heterocycles. The molecule has 0 atom stereocenters. The number of nitrogens with zero attached hydrogens (tertiary/aromatic N) is 4. The van der Waals surface area contributed by atoms with Crippen LogP contribution in [0.3, 0.4) is 0 Å². The molecule has 25 heavy (non-hydrogen) atoms. The third kappa shape index (κ3) is 3.59. The largest absolute Gasteiger partial charge is 0.490 e.